The highest BCUT2D eigenvalue weighted by molar-refractivity contribution is 6.33. The Morgan fingerprint density at radius 2 is 2.00 bits per heavy atom. The van der Waals surface area contributed by atoms with Crippen molar-refractivity contribution in [3.8, 4) is 0 Å². The van der Waals surface area contributed by atoms with Crippen molar-refractivity contribution in [2.24, 2.45) is 0 Å². The van der Waals surface area contributed by atoms with Gasteiger partial charge in [0.1, 0.15) is 6.04 Å². The minimum atomic E-state index is -0.326. The number of aryl methyl sites for hydroxylation is 1. The molecule has 0 saturated carbocycles. The third-order valence-electron chi connectivity index (χ3n) is 3.67. The van der Waals surface area contributed by atoms with Crippen molar-refractivity contribution in [3.63, 3.8) is 0 Å². The smallest absolute Gasteiger partial charge is 0.249 e. The number of benzene rings is 1. The molecule has 1 aromatic carbocycles. The van der Waals surface area contributed by atoms with Crippen LogP contribution in [-0.4, -0.2) is 28.5 Å². The second kappa shape index (κ2) is 6.32. The van der Waals surface area contributed by atoms with Crippen molar-refractivity contribution >= 4 is 29.1 Å². The first-order valence-electron chi connectivity index (χ1n) is 7.26. The van der Waals surface area contributed by atoms with Crippen LogP contribution >= 0.6 is 11.6 Å². The zero-order valence-corrected chi connectivity index (χ0v) is 13.0. The van der Waals surface area contributed by atoms with Crippen LogP contribution in [0.3, 0.4) is 0 Å². The minimum Gasteiger partial charge on any atom is -0.342 e. The van der Waals surface area contributed by atoms with Crippen LogP contribution in [0.15, 0.2) is 36.7 Å². The summed E-state index contributed by atoms with van der Waals surface area (Å²) in [6.45, 7) is 2.60. The van der Waals surface area contributed by atoms with Gasteiger partial charge < -0.3 is 10.2 Å². The van der Waals surface area contributed by atoms with Crippen LogP contribution in [0.4, 0.5) is 11.6 Å². The monoisotopic (exact) mass is 316 g/mol. The molecule has 22 heavy (non-hydrogen) atoms. The second-order valence-electron chi connectivity index (χ2n) is 5.36. The number of para-hydroxylation sites is 1. The molecule has 0 radical (unpaired) electrons. The fourth-order valence-electron chi connectivity index (χ4n) is 2.54. The Balaban J connectivity index is 1.78. The second-order valence-corrected chi connectivity index (χ2v) is 5.77. The quantitative estimate of drug-likeness (QED) is 0.945. The van der Waals surface area contributed by atoms with E-state index >= 15 is 0 Å². The van der Waals surface area contributed by atoms with E-state index in [-0.39, 0.29) is 11.9 Å². The number of amides is 1. The average molecular weight is 317 g/mol. The van der Waals surface area contributed by atoms with E-state index < -0.39 is 0 Å². The Morgan fingerprint density at radius 1 is 1.27 bits per heavy atom. The summed E-state index contributed by atoms with van der Waals surface area (Å²) in [5.41, 5.74) is 1.74. The van der Waals surface area contributed by atoms with Crippen LogP contribution in [0.2, 0.25) is 5.02 Å². The predicted octanol–water partition coefficient (Wildman–Crippen LogP) is 3.05. The first kappa shape index (κ1) is 14.8. The highest BCUT2D eigenvalue weighted by Crippen LogP contribution is 2.29. The van der Waals surface area contributed by atoms with Gasteiger partial charge in [0.05, 0.1) is 10.7 Å². The van der Waals surface area contributed by atoms with Crippen molar-refractivity contribution in [2.75, 3.05) is 16.8 Å². The number of nitrogens with zero attached hydrogens (tertiary/aromatic N) is 3. The molecule has 0 aliphatic carbocycles. The molecule has 2 heterocycles. The van der Waals surface area contributed by atoms with E-state index in [0.717, 1.165) is 24.1 Å². The van der Waals surface area contributed by atoms with Gasteiger partial charge in [-0.3, -0.25) is 4.79 Å². The first-order chi connectivity index (χ1) is 10.6. The van der Waals surface area contributed by atoms with Crippen molar-refractivity contribution in [1.82, 2.24) is 9.97 Å². The number of anilines is 2. The lowest BCUT2D eigenvalue weighted by atomic mass is 10.0. The maximum atomic E-state index is 12.7. The summed E-state index contributed by atoms with van der Waals surface area (Å²) >= 11 is 6.21. The van der Waals surface area contributed by atoms with Gasteiger partial charge in [-0.25, -0.2) is 9.97 Å². The number of nitrogens with one attached hydrogen (secondary N) is 1. The summed E-state index contributed by atoms with van der Waals surface area (Å²) in [7, 11) is 0. The Morgan fingerprint density at radius 3 is 2.73 bits per heavy atom. The van der Waals surface area contributed by atoms with Crippen LogP contribution in [0.25, 0.3) is 0 Å². The normalized spacial score (nSPS) is 18.4. The van der Waals surface area contributed by atoms with Crippen molar-refractivity contribution in [1.29, 1.82) is 0 Å². The third kappa shape index (κ3) is 3.04. The van der Waals surface area contributed by atoms with Crippen molar-refractivity contribution < 1.29 is 4.79 Å². The number of aromatic nitrogens is 2. The van der Waals surface area contributed by atoms with Crippen LogP contribution < -0.4 is 10.2 Å². The lowest BCUT2D eigenvalue weighted by molar-refractivity contribution is -0.120. The number of carbonyl (C=O) groups excluding carboxylic acids is 1. The Kier molecular flexibility index (Phi) is 4.24. The van der Waals surface area contributed by atoms with Gasteiger partial charge in [-0.15, -0.1) is 0 Å². The Hall–Kier alpha value is -2.14. The molecule has 1 saturated heterocycles. The number of hydrogen-bond acceptors (Lipinski definition) is 4. The topological polar surface area (TPSA) is 58.1 Å². The molecule has 1 aliphatic heterocycles. The standard InChI is InChI=1S/C16H17ClN4O/c1-11-9-18-16(19-10-11)20-13-6-4-8-21(15(13)22)14-7-3-2-5-12(14)17/h2-3,5,7,9-10,13H,4,6,8H2,1H3,(H,18,19,20). The van der Waals surface area contributed by atoms with E-state index in [1.165, 1.54) is 0 Å². The summed E-state index contributed by atoms with van der Waals surface area (Å²) in [5.74, 6) is 0.480. The van der Waals surface area contributed by atoms with Gasteiger partial charge in [0.2, 0.25) is 11.9 Å². The van der Waals surface area contributed by atoms with E-state index in [0.29, 0.717) is 17.5 Å². The molecule has 114 valence electrons. The Labute approximate surface area is 134 Å². The highest BCUT2D eigenvalue weighted by atomic mass is 35.5. The molecule has 1 aromatic heterocycles. The summed E-state index contributed by atoms with van der Waals surface area (Å²) in [5, 5.41) is 3.71. The first-order valence-corrected chi connectivity index (χ1v) is 7.64. The zero-order chi connectivity index (χ0) is 15.5. The molecule has 6 heteroatoms. The largest absolute Gasteiger partial charge is 0.342 e. The number of piperidine rings is 1. The lowest BCUT2D eigenvalue weighted by Crippen LogP contribution is -2.48. The molecule has 1 unspecified atom stereocenters. The van der Waals surface area contributed by atoms with Crippen LogP contribution in [0.1, 0.15) is 18.4 Å². The van der Waals surface area contributed by atoms with Crippen molar-refractivity contribution in [2.45, 2.75) is 25.8 Å². The van der Waals surface area contributed by atoms with E-state index in [1.807, 2.05) is 25.1 Å². The molecule has 3 rings (SSSR count). The molecule has 1 aliphatic rings. The molecule has 0 bridgehead atoms. The SMILES string of the molecule is Cc1cnc(NC2CCCN(c3ccccc3Cl)C2=O)nc1. The average Bonchev–Trinajstić information content (AvgIpc) is 2.52. The fraction of sp³-hybridized carbons (Fsp3) is 0.312. The van der Waals surface area contributed by atoms with Crippen LogP contribution in [-0.2, 0) is 4.79 Å². The van der Waals surface area contributed by atoms with Gasteiger partial charge in [-0.2, -0.15) is 0 Å². The van der Waals surface area contributed by atoms with Gasteiger partial charge in [0.15, 0.2) is 0 Å². The summed E-state index contributed by atoms with van der Waals surface area (Å²) in [4.78, 5) is 22.8. The van der Waals surface area contributed by atoms with E-state index in [1.54, 1.807) is 23.4 Å². The fourth-order valence-corrected chi connectivity index (χ4v) is 2.78. The minimum absolute atomic E-state index is 0.00326. The molecule has 5 nitrogen and oxygen atoms in total. The summed E-state index contributed by atoms with van der Waals surface area (Å²) in [6, 6.07) is 7.08. The number of hydrogen-bond donors (Lipinski definition) is 1. The van der Waals surface area contributed by atoms with E-state index in [4.69, 9.17) is 11.6 Å². The number of rotatable bonds is 3. The summed E-state index contributed by atoms with van der Waals surface area (Å²) < 4.78 is 0. The molecule has 1 N–H and O–H groups in total. The molecule has 1 fully saturated rings. The maximum absolute atomic E-state index is 12.7. The molecule has 1 atom stereocenters. The maximum Gasteiger partial charge on any atom is 0.249 e. The van der Waals surface area contributed by atoms with E-state index in [2.05, 4.69) is 15.3 Å². The van der Waals surface area contributed by atoms with E-state index in [9.17, 15) is 4.79 Å². The summed E-state index contributed by atoms with van der Waals surface area (Å²) in [6.07, 6.45) is 5.13. The molecular weight excluding hydrogens is 300 g/mol. The highest BCUT2D eigenvalue weighted by Gasteiger charge is 2.30. The van der Waals surface area contributed by atoms with Gasteiger partial charge in [-0.05, 0) is 37.5 Å². The number of carbonyl (C=O) groups is 1. The Bertz CT molecular complexity index is 674. The van der Waals surface area contributed by atoms with Gasteiger partial charge in [0.25, 0.3) is 0 Å². The third-order valence-corrected chi connectivity index (χ3v) is 3.99. The molecule has 1 amide bonds. The lowest BCUT2D eigenvalue weighted by Gasteiger charge is -2.33. The van der Waals surface area contributed by atoms with Crippen molar-refractivity contribution in [3.05, 3.63) is 47.2 Å². The van der Waals surface area contributed by atoms with Gasteiger partial charge >= 0.3 is 0 Å². The van der Waals surface area contributed by atoms with Crippen LogP contribution in [0.5, 0.6) is 0 Å². The molecular formula is C16H17ClN4O. The predicted molar refractivity (Wildman–Crippen MR) is 87.2 cm³/mol. The zero-order valence-electron chi connectivity index (χ0n) is 12.3. The molecule has 2 aromatic rings. The van der Waals surface area contributed by atoms with Gasteiger partial charge in [-0.1, -0.05) is 23.7 Å². The molecule has 0 spiro atoms. The number of halogens is 1. The van der Waals surface area contributed by atoms with Gasteiger partial charge in [0, 0.05) is 18.9 Å². The van der Waals surface area contributed by atoms with Crippen LogP contribution in [0, 0.1) is 6.92 Å².